The van der Waals surface area contributed by atoms with Gasteiger partial charge in [0.15, 0.2) is 0 Å². The summed E-state index contributed by atoms with van der Waals surface area (Å²) < 4.78 is 27.9. The number of methoxy groups -OCH3 is 1. The molecule has 16 heavy (non-hydrogen) atoms. The summed E-state index contributed by atoms with van der Waals surface area (Å²) in [5.41, 5.74) is 5.53. The Kier molecular flexibility index (Phi) is 4.73. The molecule has 1 heterocycles. The molecule has 1 rings (SSSR count). The number of ether oxygens (including phenoxy) is 1. The molecule has 0 spiro atoms. The molecule has 0 aliphatic carbocycles. The fourth-order valence-corrected chi connectivity index (χ4v) is 3.43. The van der Waals surface area contributed by atoms with Crippen molar-refractivity contribution in [2.24, 2.45) is 5.73 Å². The van der Waals surface area contributed by atoms with Crippen molar-refractivity contribution in [2.45, 2.75) is 31.4 Å². The van der Waals surface area contributed by atoms with Crippen LogP contribution in [0.25, 0.3) is 0 Å². The van der Waals surface area contributed by atoms with E-state index in [0.29, 0.717) is 25.9 Å². The minimum absolute atomic E-state index is 0.113. The van der Waals surface area contributed by atoms with Crippen LogP contribution in [0, 0.1) is 0 Å². The fraction of sp³-hybridized carbons (Fsp3) is 1.00. The van der Waals surface area contributed by atoms with Gasteiger partial charge >= 0.3 is 0 Å². The molecule has 0 radical (unpaired) electrons. The minimum Gasteiger partial charge on any atom is -0.380 e. The standard InChI is InChI=1S/C10H22N2O3S/c1-9(15-2)7-12-10(8-11)3-5-16(13,14)6-4-10/h9,12H,3-8,11H2,1-2H3. The van der Waals surface area contributed by atoms with Crippen molar-refractivity contribution in [2.75, 3.05) is 31.7 Å². The lowest BCUT2D eigenvalue weighted by molar-refractivity contribution is 0.105. The topological polar surface area (TPSA) is 81.4 Å². The quantitative estimate of drug-likeness (QED) is 0.688. The lowest BCUT2D eigenvalue weighted by Crippen LogP contribution is -2.57. The van der Waals surface area contributed by atoms with Gasteiger partial charge < -0.3 is 15.8 Å². The van der Waals surface area contributed by atoms with Crippen LogP contribution in [0.3, 0.4) is 0 Å². The molecule has 5 nitrogen and oxygen atoms in total. The van der Waals surface area contributed by atoms with Crippen molar-refractivity contribution < 1.29 is 13.2 Å². The Balaban J connectivity index is 2.53. The van der Waals surface area contributed by atoms with Crippen molar-refractivity contribution in [3.8, 4) is 0 Å². The zero-order chi connectivity index (χ0) is 12.2. The van der Waals surface area contributed by atoms with Crippen molar-refractivity contribution in [1.29, 1.82) is 0 Å². The third-order valence-electron chi connectivity index (χ3n) is 3.34. The third-order valence-corrected chi connectivity index (χ3v) is 4.99. The van der Waals surface area contributed by atoms with Crippen LogP contribution in [0.15, 0.2) is 0 Å². The molecular formula is C10H22N2O3S. The van der Waals surface area contributed by atoms with Crippen LogP contribution >= 0.6 is 0 Å². The maximum absolute atomic E-state index is 11.4. The molecule has 1 saturated heterocycles. The second kappa shape index (κ2) is 5.44. The predicted octanol–water partition coefficient (Wildman–Crippen LogP) is -0.483. The normalized spacial score (nSPS) is 25.2. The number of hydrogen-bond donors (Lipinski definition) is 2. The molecule has 1 aliphatic rings. The van der Waals surface area contributed by atoms with Gasteiger partial charge in [-0.1, -0.05) is 0 Å². The summed E-state index contributed by atoms with van der Waals surface area (Å²) >= 11 is 0. The molecule has 0 aromatic carbocycles. The van der Waals surface area contributed by atoms with Gasteiger partial charge in [-0.2, -0.15) is 0 Å². The van der Waals surface area contributed by atoms with Gasteiger partial charge in [0, 0.05) is 25.7 Å². The Morgan fingerprint density at radius 1 is 1.44 bits per heavy atom. The Labute approximate surface area is 97.6 Å². The minimum atomic E-state index is -2.83. The van der Waals surface area contributed by atoms with E-state index < -0.39 is 9.84 Å². The summed E-state index contributed by atoms with van der Waals surface area (Å²) in [6.07, 6.45) is 1.31. The molecule has 1 fully saturated rings. The molecule has 1 aliphatic heterocycles. The first-order valence-electron chi connectivity index (χ1n) is 5.61. The van der Waals surface area contributed by atoms with Gasteiger partial charge in [0.05, 0.1) is 17.6 Å². The van der Waals surface area contributed by atoms with E-state index in [1.807, 2.05) is 6.92 Å². The van der Waals surface area contributed by atoms with E-state index in [2.05, 4.69) is 5.32 Å². The van der Waals surface area contributed by atoms with Gasteiger partial charge in [0.1, 0.15) is 9.84 Å². The fourth-order valence-electron chi connectivity index (χ4n) is 1.83. The highest BCUT2D eigenvalue weighted by Gasteiger charge is 2.35. The highest BCUT2D eigenvalue weighted by molar-refractivity contribution is 7.91. The molecule has 6 heteroatoms. The first-order valence-corrected chi connectivity index (χ1v) is 7.43. The Morgan fingerprint density at radius 3 is 2.44 bits per heavy atom. The van der Waals surface area contributed by atoms with Crippen molar-refractivity contribution in [1.82, 2.24) is 5.32 Å². The number of sulfone groups is 1. The van der Waals surface area contributed by atoms with E-state index in [9.17, 15) is 8.42 Å². The summed E-state index contributed by atoms with van der Waals surface area (Å²) in [6, 6.07) is 0. The lowest BCUT2D eigenvalue weighted by atomic mass is 9.92. The highest BCUT2D eigenvalue weighted by atomic mass is 32.2. The van der Waals surface area contributed by atoms with Gasteiger partial charge in [-0.3, -0.25) is 0 Å². The van der Waals surface area contributed by atoms with Crippen LogP contribution < -0.4 is 11.1 Å². The molecule has 0 aromatic rings. The molecule has 0 aromatic heterocycles. The van der Waals surface area contributed by atoms with Crippen LogP contribution in [0.4, 0.5) is 0 Å². The summed E-state index contributed by atoms with van der Waals surface area (Å²) in [5.74, 6) is 0.469. The summed E-state index contributed by atoms with van der Waals surface area (Å²) in [7, 11) is -1.18. The zero-order valence-corrected chi connectivity index (χ0v) is 10.8. The molecule has 0 amide bonds. The van der Waals surface area contributed by atoms with Crippen molar-refractivity contribution in [3.05, 3.63) is 0 Å². The number of nitrogens with one attached hydrogen (secondary N) is 1. The monoisotopic (exact) mass is 250 g/mol. The van der Waals surface area contributed by atoms with E-state index in [1.165, 1.54) is 0 Å². The van der Waals surface area contributed by atoms with Gasteiger partial charge in [0.2, 0.25) is 0 Å². The first-order chi connectivity index (χ1) is 7.43. The molecule has 0 saturated carbocycles. The molecule has 96 valence electrons. The number of rotatable bonds is 5. The number of hydrogen-bond acceptors (Lipinski definition) is 5. The van der Waals surface area contributed by atoms with Crippen LogP contribution in [-0.4, -0.2) is 51.8 Å². The van der Waals surface area contributed by atoms with Crippen molar-refractivity contribution >= 4 is 9.84 Å². The van der Waals surface area contributed by atoms with Gasteiger partial charge in [-0.25, -0.2) is 8.42 Å². The number of nitrogens with two attached hydrogens (primary N) is 1. The van der Waals surface area contributed by atoms with E-state index >= 15 is 0 Å². The van der Waals surface area contributed by atoms with Gasteiger partial charge in [0.25, 0.3) is 0 Å². The smallest absolute Gasteiger partial charge is 0.150 e. The average Bonchev–Trinajstić information content (AvgIpc) is 2.28. The largest absolute Gasteiger partial charge is 0.380 e. The Hall–Kier alpha value is -0.170. The van der Waals surface area contributed by atoms with Crippen LogP contribution in [-0.2, 0) is 14.6 Å². The summed E-state index contributed by atoms with van der Waals surface area (Å²) in [5, 5.41) is 3.36. The molecule has 1 unspecified atom stereocenters. The maximum Gasteiger partial charge on any atom is 0.150 e. The predicted molar refractivity (Wildman–Crippen MR) is 64.1 cm³/mol. The van der Waals surface area contributed by atoms with Crippen LogP contribution in [0.2, 0.25) is 0 Å². The van der Waals surface area contributed by atoms with Crippen LogP contribution in [0.1, 0.15) is 19.8 Å². The Morgan fingerprint density at radius 2 is 2.00 bits per heavy atom. The summed E-state index contributed by atoms with van der Waals surface area (Å²) in [4.78, 5) is 0. The lowest BCUT2D eigenvalue weighted by Gasteiger charge is -2.37. The van der Waals surface area contributed by atoms with E-state index in [4.69, 9.17) is 10.5 Å². The van der Waals surface area contributed by atoms with Gasteiger partial charge in [-0.15, -0.1) is 0 Å². The maximum atomic E-state index is 11.4. The Bertz CT molecular complexity index is 302. The van der Waals surface area contributed by atoms with Crippen LogP contribution in [0.5, 0.6) is 0 Å². The highest BCUT2D eigenvalue weighted by Crippen LogP contribution is 2.22. The zero-order valence-electron chi connectivity index (χ0n) is 10.0. The molecule has 3 N–H and O–H groups in total. The molecular weight excluding hydrogens is 228 g/mol. The van der Waals surface area contributed by atoms with E-state index in [-0.39, 0.29) is 23.1 Å². The van der Waals surface area contributed by atoms with E-state index in [1.54, 1.807) is 7.11 Å². The van der Waals surface area contributed by atoms with Crippen molar-refractivity contribution in [3.63, 3.8) is 0 Å². The second-order valence-electron chi connectivity index (χ2n) is 4.56. The molecule has 1 atom stereocenters. The van der Waals surface area contributed by atoms with E-state index in [0.717, 1.165) is 0 Å². The van der Waals surface area contributed by atoms with Gasteiger partial charge in [-0.05, 0) is 19.8 Å². The third kappa shape index (κ3) is 3.69. The summed E-state index contributed by atoms with van der Waals surface area (Å²) in [6.45, 7) is 3.14. The average molecular weight is 250 g/mol. The SMILES string of the molecule is COC(C)CNC1(CN)CCS(=O)(=O)CC1. The molecule has 0 bridgehead atoms. The first kappa shape index (κ1) is 13.9. The second-order valence-corrected chi connectivity index (χ2v) is 6.87.